The Balaban J connectivity index is 2.07. The smallest absolute Gasteiger partial charge is 0.131 e. The first kappa shape index (κ1) is 13.3. The van der Waals surface area contributed by atoms with E-state index < -0.39 is 0 Å². The first-order valence-electron chi connectivity index (χ1n) is 6.06. The van der Waals surface area contributed by atoms with Gasteiger partial charge in [-0.25, -0.2) is 4.98 Å². The zero-order valence-electron chi connectivity index (χ0n) is 10.8. The van der Waals surface area contributed by atoms with Gasteiger partial charge in [0.15, 0.2) is 0 Å². The van der Waals surface area contributed by atoms with Crippen molar-refractivity contribution >= 4 is 11.3 Å². The van der Waals surface area contributed by atoms with E-state index >= 15 is 0 Å². The number of thiophene rings is 1. The molecule has 98 valence electrons. The van der Waals surface area contributed by atoms with Gasteiger partial charge in [-0.15, -0.1) is 11.3 Å². The molecule has 2 aromatic heterocycles. The molecule has 0 saturated carbocycles. The average Bonchev–Trinajstić information content (AvgIpc) is 3.01. The number of hydrogen-bond acceptors (Lipinski definition) is 4. The van der Waals surface area contributed by atoms with Crippen LogP contribution in [0.3, 0.4) is 0 Å². The van der Waals surface area contributed by atoms with Crippen LogP contribution in [0.25, 0.3) is 0 Å². The summed E-state index contributed by atoms with van der Waals surface area (Å²) in [6.45, 7) is 1.70. The van der Waals surface area contributed by atoms with Gasteiger partial charge < -0.3 is 14.6 Å². The first-order valence-corrected chi connectivity index (χ1v) is 6.94. The largest absolute Gasteiger partial charge is 0.385 e. The Hall–Kier alpha value is -1.17. The molecule has 1 unspecified atom stereocenters. The predicted molar refractivity (Wildman–Crippen MR) is 73.9 cm³/mol. The Kier molecular flexibility index (Phi) is 4.92. The van der Waals surface area contributed by atoms with Gasteiger partial charge in [0.25, 0.3) is 0 Å². The van der Waals surface area contributed by atoms with Crippen LogP contribution < -0.4 is 5.32 Å². The Morgan fingerprint density at radius 1 is 1.56 bits per heavy atom. The Morgan fingerprint density at radius 2 is 2.44 bits per heavy atom. The van der Waals surface area contributed by atoms with Crippen molar-refractivity contribution in [3.8, 4) is 0 Å². The summed E-state index contributed by atoms with van der Waals surface area (Å²) >= 11 is 1.75. The maximum Gasteiger partial charge on any atom is 0.131 e. The third kappa shape index (κ3) is 3.19. The number of aromatic nitrogens is 2. The van der Waals surface area contributed by atoms with Crippen LogP contribution in [-0.4, -0.2) is 29.8 Å². The van der Waals surface area contributed by atoms with Crippen LogP contribution in [0, 0.1) is 0 Å². The average molecular weight is 265 g/mol. The molecule has 0 bridgehead atoms. The van der Waals surface area contributed by atoms with Crippen molar-refractivity contribution in [2.75, 3.05) is 20.3 Å². The van der Waals surface area contributed by atoms with Crippen LogP contribution in [0.5, 0.6) is 0 Å². The summed E-state index contributed by atoms with van der Waals surface area (Å²) in [7, 11) is 3.76. The van der Waals surface area contributed by atoms with Crippen LogP contribution in [0.2, 0.25) is 0 Å². The molecule has 2 heterocycles. The number of ether oxygens (including phenoxy) is 1. The SMILES string of the molecule is COCCCNC(c1cccs1)c1nccn1C. The molecule has 0 aliphatic rings. The number of rotatable bonds is 7. The van der Waals surface area contributed by atoms with Crippen molar-refractivity contribution in [1.82, 2.24) is 14.9 Å². The van der Waals surface area contributed by atoms with Gasteiger partial charge in [0.05, 0.1) is 0 Å². The fourth-order valence-corrected chi connectivity index (χ4v) is 2.69. The topological polar surface area (TPSA) is 39.1 Å². The number of imidazole rings is 1. The van der Waals surface area contributed by atoms with Crippen LogP contribution >= 0.6 is 11.3 Å². The van der Waals surface area contributed by atoms with Gasteiger partial charge in [0.2, 0.25) is 0 Å². The highest BCUT2D eigenvalue weighted by atomic mass is 32.1. The highest BCUT2D eigenvalue weighted by Gasteiger charge is 2.18. The van der Waals surface area contributed by atoms with Crippen LogP contribution in [0.1, 0.15) is 23.2 Å². The lowest BCUT2D eigenvalue weighted by Gasteiger charge is -2.17. The second-order valence-electron chi connectivity index (χ2n) is 4.15. The number of nitrogens with zero attached hydrogens (tertiary/aromatic N) is 2. The highest BCUT2D eigenvalue weighted by molar-refractivity contribution is 7.10. The molecule has 5 heteroatoms. The van der Waals surface area contributed by atoms with E-state index in [1.54, 1.807) is 18.4 Å². The van der Waals surface area contributed by atoms with Crippen molar-refractivity contribution in [1.29, 1.82) is 0 Å². The summed E-state index contributed by atoms with van der Waals surface area (Å²) in [4.78, 5) is 5.74. The summed E-state index contributed by atoms with van der Waals surface area (Å²) in [5, 5.41) is 5.65. The van der Waals surface area contributed by atoms with Gasteiger partial charge in [0.1, 0.15) is 11.9 Å². The number of nitrogens with one attached hydrogen (secondary N) is 1. The standard InChI is InChI=1S/C13H19N3OS/c1-16-8-7-15-13(16)12(11-5-3-10-18-11)14-6-4-9-17-2/h3,5,7-8,10,12,14H,4,6,9H2,1-2H3. The summed E-state index contributed by atoms with van der Waals surface area (Å²) in [6.07, 6.45) is 4.82. The molecule has 0 aliphatic heterocycles. The van der Waals surface area contributed by atoms with E-state index in [1.165, 1.54) is 4.88 Å². The summed E-state index contributed by atoms with van der Waals surface area (Å²) in [5.41, 5.74) is 0. The minimum absolute atomic E-state index is 0.168. The fraction of sp³-hybridized carbons (Fsp3) is 0.462. The molecule has 2 rings (SSSR count). The summed E-state index contributed by atoms with van der Waals surface area (Å²) < 4.78 is 7.13. The molecule has 4 nitrogen and oxygen atoms in total. The van der Waals surface area contributed by atoms with Gasteiger partial charge in [0, 0.05) is 38.0 Å². The van der Waals surface area contributed by atoms with Gasteiger partial charge in [-0.05, 0) is 24.4 Å². The normalized spacial score (nSPS) is 12.8. The molecule has 1 atom stereocenters. The summed E-state index contributed by atoms with van der Waals surface area (Å²) in [6, 6.07) is 4.39. The number of methoxy groups -OCH3 is 1. The fourth-order valence-electron chi connectivity index (χ4n) is 1.89. The lowest BCUT2D eigenvalue weighted by atomic mass is 10.2. The van der Waals surface area contributed by atoms with Gasteiger partial charge in [-0.2, -0.15) is 0 Å². The zero-order valence-corrected chi connectivity index (χ0v) is 11.6. The molecular weight excluding hydrogens is 246 g/mol. The quantitative estimate of drug-likeness (QED) is 0.780. The minimum atomic E-state index is 0.168. The minimum Gasteiger partial charge on any atom is -0.385 e. The van der Waals surface area contributed by atoms with Gasteiger partial charge in [-0.1, -0.05) is 6.07 Å². The molecule has 18 heavy (non-hydrogen) atoms. The van der Waals surface area contributed by atoms with Crippen LogP contribution in [0.15, 0.2) is 29.9 Å². The van der Waals surface area contributed by atoms with Crippen molar-refractivity contribution in [3.63, 3.8) is 0 Å². The lowest BCUT2D eigenvalue weighted by Crippen LogP contribution is -2.26. The van der Waals surface area contributed by atoms with Crippen LogP contribution in [0.4, 0.5) is 0 Å². The van der Waals surface area contributed by atoms with E-state index in [0.29, 0.717) is 0 Å². The predicted octanol–water partition coefficient (Wildman–Crippen LogP) is 2.20. The van der Waals surface area contributed by atoms with Crippen molar-refractivity contribution in [2.45, 2.75) is 12.5 Å². The second kappa shape index (κ2) is 6.68. The Morgan fingerprint density at radius 3 is 3.06 bits per heavy atom. The summed E-state index contributed by atoms with van der Waals surface area (Å²) in [5.74, 6) is 1.05. The van der Waals surface area contributed by atoms with E-state index in [2.05, 4.69) is 32.4 Å². The molecule has 0 spiro atoms. The van der Waals surface area contributed by atoms with E-state index in [0.717, 1.165) is 25.4 Å². The lowest BCUT2D eigenvalue weighted by molar-refractivity contribution is 0.193. The zero-order chi connectivity index (χ0) is 12.8. The molecular formula is C13H19N3OS. The molecule has 0 fully saturated rings. The van der Waals surface area contributed by atoms with Gasteiger partial charge in [-0.3, -0.25) is 0 Å². The molecule has 0 aliphatic carbocycles. The number of hydrogen-bond donors (Lipinski definition) is 1. The molecule has 0 saturated heterocycles. The maximum atomic E-state index is 5.07. The van der Waals surface area contributed by atoms with Crippen molar-refractivity contribution in [3.05, 3.63) is 40.6 Å². The Labute approximate surface area is 112 Å². The third-order valence-corrected chi connectivity index (χ3v) is 3.76. The monoisotopic (exact) mass is 265 g/mol. The molecule has 0 aromatic carbocycles. The third-order valence-electron chi connectivity index (χ3n) is 2.82. The molecule has 2 aromatic rings. The highest BCUT2D eigenvalue weighted by Crippen LogP contribution is 2.24. The van der Waals surface area contributed by atoms with E-state index in [4.69, 9.17) is 4.74 Å². The molecule has 1 N–H and O–H groups in total. The van der Waals surface area contributed by atoms with Crippen molar-refractivity contribution in [2.24, 2.45) is 7.05 Å². The van der Waals surface area contributed by atoms with Crippen molar-refractivity contribution < 1.29 is 4.74 Å². The van der Waals surface area contributed by atoms with E-state index in [1.807, 2.05) is 19.4 Å². The molecule has 0 radical (unpaired) electrons. The second-order valence-corrected chi connectivity index (χ2v) is 5.12. The maximum absolute atomic E-state index is 5.07. The van der Waals surface area contributed by atoms with E-state index in [9.17, 15) is 0 Å². The van der Waals surface area contributed by atoms with E-state index in [-0.39, 0.29) is 6.04 Å². The molecule has 0 amide bonds. The van der Waals surface area contributed by atoms with Gasteiger partial charge >= 0.3 is 0 Å². The number of aryl methyl sites for hydroxylation is 1. The van der Waals surface area contributed by atoms with Crippen LogP contribution in [-0.2, 0) is 11.8 Å². The first-order chi connectivity index (χ1) is 8.83. The Bertz CT molecular complexity index is 453.